The highest BCUT2D eigenvalue weighted by Gasteiger charge is 2.23. The second kappa shape index (κ2) is 6.06. The van der Waals surface area contributed by atoms with Crippen molar-refractivity contribution in [2.75, 3.05) is 19.7 Å². The second-order valence-corrected chi connectivity index (χ2v) is 3.39. The molecule has 90 valence electrons. The topological polar surface area (TPSA) is 105 Å². The number of aliphatic carboxylic acids is 1. The van der Waals surface area contributed by atoms with Gasteiger partial charge in [-0.3, -0.25) is 14.4 Å². The van der Waals surface area contributed by atoms with E-state index < -0.39 is 24.5 Å². The summed E-state index contributed by atoms with van der Waals surface area (Å²) in [6.07, 6.45) is 1.01. The van der Waals surface area contributed by atoms with Crippen molar-refractivity contribution in [2.24, 2.45) is 0 Å². The van der Waals surface area contributed by atoms with Crippen molar-refractivity contribution in [3.05, 3.63) is 0 Å². The normalized spacial score (nSPS) is 19.1. The van der Waals surface area contributed by atoms with Gasteiger partial charge in [-0.25, -0.2) is 0 Å². The third-order valence-electron chi connectivity index (χ3n) is 2.08. The van der Waals surface area contributed by atoms with Crippen LogP contribution in [0.5, 0.6) is 0 Å². The lowest BCUT2D eigenvalue weighted by Gasteiger charge is -2.09. The number of carbonyl (C=O) groups excluding carboxylic acids is 2. The molecule has 0 unspecified atom stereocenters. The number of ether oxygens (including phenoxy) is 1. The van der Waals surface area contributed by atoms with Crippen LogP contribution in [0.3, 0.4) is 0 Å². The third-order valence-corrected chi connectivity index (χ3v) is 2.08. The first-order valence-electron chi connectivity index (χ1n) is 4.97. The van der Waals surface area contributed by atoms with E-state index in [0.29, 0.717) is 13.0 Å². The standard InChI is InChI=1S/C9H14N2O5/c12-7(10-5-8(13)14)4-11-9(15)6-2-1-3-16-6/h6H,1-5H2,(H,10,12)(H,11,15)(H,13,14)/t6-/m1/s1. The fourth-order valence-electron chi connectivity index (χ4n) is 1.30. The highest BCUT2D eigenvalue weighted by atomic mass is 16.5. The zero-order valence-corrected chi connectivity index (χ0v) is 8.69. The highest BCUT2D eigenvalue weighted by Crippen LogP contribution is 2.11. The van der Waals surface area contributed by atoms with Crippen LogP contribution < -0.4 is 10.6 Å². The zero-order chi connectivity index (χ0) is 12.0. The van der Waals surface area contributed by atoms with E-state index >= 15 is 0 Å². The molecule has 1 atom stereocenters. The molecular weight excluding hydrogens is 216 g/mol. The van der Waals surface area contributed by atoms with Crippen LogP contribution in [0.4, 0.5) is 0 Å². The maximum absolute atomic E-state index is 11.4. The summed E-state index contributed by atoms with van der Waals surface area (Å²) < 4.78 is 5.11. The molecule has 2 amide bonds. The monoisotopic (exact) mass is 230 g/mol. The maximum Gasteiger partial charge on any atom is 0.322 e. The van der Waals surface area contributed by atoms with E-state index in [4.69, 9.17) is 9.84 Å². The smallest absolute Gasteiger partial charge is 0.322 e. The Labute approximate surface area is 92.1 Å². The lowest BCUT2D eigenvalue weighted by Crippen LogP contribution is -2.42. The van der Waals surface area contributed by atoms with Gasteiger partial charge >= 0.3 is 5.97 Å². The Kier molecular flexibility index (Phi) is 4.71. The van der Waals surface area contributed by atoms with Crippen LogP contribution in [0.15, 0.2) is 0 Å². The summed E-state index contributed by atoms with van der Waals surface area (Å²) in [4.78, 5) is 32.5. The third kappa shape index (κ3) is 4.26. The molecule has 1 rings (SSSR count). The van der Waals surface area contributed by atoms with Crippen molar-refractivity contribution < 1.29 is 24.2 Å². The molecule has 0 aromatic heterocycles. The average Bonchev–Trinajstić information content (AvgIpc) is 2.76. The summed E-state index contributed by atoms with van der Waals surface area (Å²) in [5, 5.41) is 12.8. The largest absolute Gasteiger partial charge is 0.480 e. The number of rotatable bonds is 5. The van der Waals surface area contributed by atoms with E-state index in [1.165, 1.54) is 0 Å². The van der Waals surface area contributed by atoms with Crippen LogP contribution in [0.1, 0.15) is 12.8 Å². The van der Waals surface area contributed by atoms with Crippen LogP contribution in [-0.4, -0.2) is 48.7 Å². The average molecular weight is 230 g/mol. The first kappa shape index (κ1) is 12.4. The van der Waals surface area contributed by atoms with Gasteiger partial charge in [0.25, 0.3) is 0 Å². The summed E-state index contributed by atoms with van der Waals surface area (Å²) in [5.41, 5.74) is 0. The molecule has 1 aliphatic rings. The van der Waals surface area contributed by atoms with Gasteiger partial charge < -0.3 is 20.5 Å². The predicted octanol–water partition coefficient (Wildman–Crippen LogP) is -1.52. The second-order valence-electron chi connectivity index (χ2n) is 3.39. The Morgan fingerprint density at radius 2 is 2.00 bits per heavy atom. The fourth-order valence-corrected chi connectivity index (χ4v) is 1.30. The van der Waals surface area contributed by atoms with E-state index in [0.717, 1.165) is 6.42 Å². The van der Waals surface area contributed by atoms with E-state index in [2.05, 4.69) is 10.6 Å². The minimum absolute atomic E-state index is 0.230. The van der Waals surface area contributed by atoms with Crippen LogP contribution in [0, 0.1) is 0 Å². The van der Waals surface area contributed by atoms with Gasteiger partial charge in [-0.05, 0) is 12.8 Å². The van der Waals surface area contributed by atoms with Crippen LogP contribution in [0.25, 0.3) is 0 Å². The van der Waals surface area contributed by atoms with Crippen molar-refractivity contribution in [1.82, 2.24) is 10.6 Å². The lowest BCUT2D eigenvalue weighted by atomic mass is 10.2. The molecule has 0 spiro atoms. The molecule has 1 saturated heterocycles. The summed E-state index contributed by atoms with van der Waals surface area (Å²) in [5.74, 6) is -1.99. The molecule has 3 N–H and O–H groups in total. The van der Waals surface area contributed by atoms with Crippen molar-refractivity contribution in [3.8, 4) is 0 Å². The van der Waals surface area contributed by atoms with Crippen LogP contribution in [0.2, 0.25) is 0 Å². The Hall–Kier alpha value is -1.63. The van der Waals surface area contributed by atoms with Gasteiger partial charge in [0.05, 0.1) is 6.54 Å². The molecular formula is C9H14N2O5. The van der Waals surface area contributed by atoms with E-state index in [9.17, 15) is 14.4 Å². The van der Waals surface area contributed by atoms with Gasteiger partial charge in [0.2, 0.25) is 11.8 Å². The van der Waals surface area contributed by atoms with Gasteiger partial charge in [-0.2, -0.15) is 0 Å². The molecule has 0 bridgehead atoms. The fraction of sp³-hybridized carbons (Fsp3) is 0.667. The Morgan fingerprint density at radius 1 is 1.25 bits per heavy atom. The zero-order valence-electron chi connectivity index (χ0n) is 8.69. The number of hydrogen-bond donors (Lipinski definition) is 3. The predicted molar refractivity (Wildman–Crippen MR) is 52.6 cm³/mol. The van der Waals surface area contributed by atoms with E-state index in [1.54, 1.807) is 0 Å². The van der Waals surface area contributed by atoms with E-state index in [-0.39, 0.29) is 12.5 Å². The molecule has 0 aromatic rings. The van der Waals surface area contributed by atoms with Gasteiger partial charge in [-0.1, -0.05) is 0 Å². The summed E-state index contributed by atoms with van der Waals surface area (Å²) in [7, 11) is 0. The van der Waals surface area contributed by atoms with Crippen molar-refractivity contribution in [2.45, 2.75) is 18.9 Å². The number of carboxylic acids is 1. The number of carboxylic acid groups (broad SMARTS) is 1. The molecule has 7 nitrogen and oxygen atoms in total. The first-order chi connectivity index (χ1) is 7.59. The van der Waals surface area contributed by atoms with Crippen LogP contribution >= 0.6 is 0 Å². The first-order valence-corrected chi connectivity index (χ1v) is 4.97. The van der Waals surface area contributed by atoms with E-state index in [1.807, 2.05) is 0 Å². The number of nitrogens with one attached hydrogen (secondary N) is 2. The molecule has 1 heterocycles. The minimum atomic E-state index is -1.13. The lowest BCUT2D eigenvalue weighted by molar-refractivity contribution is -0.138. The van der Waals surface area contributed by atoms with Gasteiger partial charge in [0, 0.05) is 6.61 Å². The molecule has 0 aromatic carbocycles. The summed E-state index contributed by atoms with van der Waals surface area (Å²) >= 11 is 0. The molecule has 1 aliphatic heterocycles. The van der Waals surface area contributed by atoms with Crippen molar-refractivity contribution in [3.63, 3.8) is 0 Å². The van der Waals surface area contributed by atoms with Gasteiger partial charge in [0.15, 0.2) is 0 Å². The molecule has 0 radical (unpaired) electrons. The molecule has 0 aliphatic carbocycles. The summed E-state index contributed by atoms with van der Waals surface area (Å²) in [6.45, 7) is -0.121. The van der Waals surface area contributed by atoms with Crippen molar-refractivity contribution in [1.29, 1.82) is 0 Å². The number of carbonyl (C=O) groups is 3. The highest BCUT2D eigenvalue weighted by molar-refractivity contribution is 5.88. The number of amides is 2. The number of hydrogen-bond acceptors (Lipinski definition) is 4. The Morgan fingerprint density at radius 3 is 2.56 bits per heavy atom. The van der Waals surface area contributed by atoms with Crippen molar-refractivity contribution >= 4 is 17.8 Å². The Balaban J connectivity index is 2.15. The SMILES string of the molecule is O=C(O)CNC(=O)CNC(=O)[C@H]1CCCO1. The van der Waals surface area contributed by atoms with Gasteiger partial charge in [0.1, 0.15) is 12.6 Å². The van der Waals surface area contributed by atoms with Crippen LogP contribution in [-0.2, 0) is 19.1 Å². The minimum Gasteiger partial charge on any atom is -0.480 e. The molecule has 16 heavy (non-hydrogen) atoms. The molecule has 0 saturated carbocycles. The Bertz CT molecular complexity index is 286. The quantitative estimate of drug-likeness (QED) is 0.532. The maximum atomic E-state index is 11.4. The molecule has 7 heteroatoms. The summed E-state index contributed by atoms with van der Waals surface area (Å²) in [6, 6.07) is 0. The molecule has 1 fully saturated rings. The van der Waals surface area contributed by atoms with Gasteiger partial charge in [-0.15, -0.1) is 0 Å².